The summed E-state index contributed by atoms with van der Waals surface area (Å²) in [6.07, 6.45) is 0. The standard InChI is InChI=1S/C23H19N3O2/c1-16-20(12-13-21(25-16)17-8-4-2-5-9-17)23(27)24-15-19-14-22(26-28-19)18-10-6-3-7-11-18/h2-14H,15H2,1H3,(H,24,27). The summed E-state index contributed by atoms with van der Waals surface area (Å²) in [6, 6.07) is 25.1. The van der Waals surface area contributed by atoms with Crippen LogP contribution >= 0.6 is 0 Å². The van der Waals surface area contributed by atoms with Crippen molar-refractivity contribution < 1.29 is 9.32 Å². The lowest BCUT2D eigenvalue weighted by molar-refractivity contribution is 0.0946. The van der Waals surface area contributed by atoms with E-state index in [2.05, 4.69) is 15.5 Å². The molecule has 0 aliphatic carbocycles. The fraction of sp³-hybridized carbons (Fsp3) is 0.0870. The highest BCUT2D eigenvalue weighted by Gasteiger charge is 2.13. The van der Waals surface area contributed by atoms with Crippen LogP contribution < -0.4 is 5.32 Å². The molecule has 5 heteroatoms. The number of carbonyl (C=O) groups is 1. The van der Waals surface area contributed by atoms with E-state index in [1.807, 2.05) is 79.7 Å². The number of rotatable bonds is 5. The molecule has 1 amide bonds. The highest BCUT2D eigenvalue weighted by atomic mass is 16.5. The number of hydrogen-bond acceptors (Lipinski definition) is 4. The summed E-state index contributed by atoms with van der Waals surface area (Å²) >= 11 is 0. The van der Waals surface area contributed by atoms with Crippen molar-refractivity contribution in [2.45, 2.75) is 13.5 Å². The Labute approximate surface area is 163 Å². The Balaban J connectivity index is 1.44. The molecule has 0 spiro atoms. The Hall–Kier alpha value is -3.73. The molecule has 2 heterocycles. The summed E-state index contributed by atoms with van der Waals surface area (Å²) in [7, 11) is 0. The van der Waals surface area contributed by atoms with Crippen molar-refractivity contribution in [2.75, 3.05) is 0 Å². The van der Waals surface area contributed by atoms with Crippen molar-refractivity contribution >= 4 is 5.91 Å². The normalized spacial score (nSPS) is 10.6. The van der Waals surface area contributed by atoms with E-state index >= 15 is 0 Å². The van der Waals surface area contributed by atoms with E-state index in [0.717, 1.165) is 22.5 Å². The first-order valence-corrected chi connectivity index (χ1v) is 9.03. The van der Waals surface area contributed by atoms with Crippen molar-refractivity contribution in [3.63, 3.8) is 0 Å². The fourth-order valence-corrected chi connectivity index (χ4v) is 2.97. The van der Waals surface area contributed by atoms with Gasteiger partial charge < -0.3 is 9.84 Å². The topological polar surface area (TPSA) is 68.0 Å². The summed E-state index contributed by atoms with van der Waals surface area (Å²) in [6.45, 7) is 2.10. The smallest absolute Gasteiger partial charge is 0.253 e. The summed E-state index contributed by atoms with van der Waals surface area (Å²) in [4.78, 5) is 17.1. The van der Waals surface area contributed by atoms with Crippen molar-refractivity contribution in [1.82, 2.24) is 15.5 Å². The van der Waals surface area contributed by atoms with Gasteiger partial charge in [-0.3, -0.25) is 9.78 Å². The Bertz CT molecular complexity index is 1090. The van der Waals surface area contributed by atoms with Gasteiger partial charge in [0.1, 0.15) is 5.69 Å². The molecule has 0 bridgehead atoms. The second-order valence-corrected chi connectivity index (χ2v) is 6.42. The number of benzene rings is 2. The van der Waals surface area contributed by atoms with E-state index in [9.17, 15) is 4.79 Å². The van der Waals surface area contributed by atoms with Gasteiger partial charge in [0, 0.05) is 17.2 Å². The molecule has 0 saturated carbocycles. The van der Waals surface area contributed by atoms with E-state index < -0.39 is 0 Å². The zero-order valence-electron chi connectivity index (χ0n) is 15.4. The first kappa shape index (κ1) is 17.7. The molecular weight excluding hydrogens is 350 g/mol. The molecule has 2 aromatic heterocycles. The number of amides is 1. The van der Waals surface area contributed by atoms with Gasteiger partial charge in [0.15, 0.2) is 5.76 Å². The number of hydrogen-bond donors (Lipinski definition) is 1. The lowest BCUT2D eigenvalue weighted by Gasteiger charge is -2.08. The fourth-order valence-electron chi connectivity index (χ4n) is 2.97. The summed E-state index contributed by atoms with van der Waals surface area (Å²) < 4.78 is 5.33. The van der Waals surface area contributed by atoms with Crippen molar-refractivity contribution in [3.8, 4) is 22.5 Å². The highest BCUT2D eigenvalue weighted by Crippen LogP contribution is 2.20. The van der Waals surface area contributed by atoms with Gasteiger partial charge in [-0.1, -0.05) is 65.8 Å². The first-order valence-electron chi connectivity index (χ1n) is 9.03. The highest BCUT2D eigenvalue weighted by molar-refractivity contribution is 5.95. The third kappa shape index (κ3) is 3.83. The van der Waals surface area contributed by atoms with Gasteiger partial charge in [-0.15, -0.1) is 0 Å². The quantitative estimate of drug-likeness (QED) is 0.556. The van der Waals surface area contributed by atoms with Crippen LogP contribution in [-0.2, 0) is 6.54 Å². The largest absolute Gasteiger partial charge is 0.359 e. The maximum Gasteiger partial charge on any atom is 0.253 e. The molecule has 2 aromatic carbocycles. The second-order valence-electron chi connectivity index (χ2n) is 6.42. The molecule has 28 heavy (non-hydrogen) atoms. The number of carbonyl (C=O) groups excluding carboxylic acids is 1. The minimum Gasteiger partial charge on any atom is -0.359 e. The number of nitrogens with one attached hydrogen (secondary N) is 1. The predicted octanol–water partition coefficient (Wildman–Crippen LogP) is 4.64. The SMILES string of the molecule is Cc1nc(-c2ccccc2)ccc1C(=O)NCc1cc(-c2ccccc2)no1. The van der Waals surface area contributed by atoms with Crippen LogP contribution in [0.3, 0.4) is 0 Å². The van der Waals surface area contributed by atoms with Gasteiger partial charge >= 0.3 is 0 Å². The molecule has 4 aromatic rings. The molecule has 0 saturated heterocycles. The predicted molar refractivity (Wildman–Crippen MR) is 108 cm³/mol. The Kier molecular flexibility index (Phi) is 4.97. The van der Waals surface area contributed by atoms with Gasteiger partial charge in [0.25, 0.3) is 5.91 Å². The Morgan fingerprint density at radius 3 is 2.18 bits per heavy atom. The van der Waals surface area contributed by atoms with E-state index in [1.165, 1.54) is 0 Å². The average molecular weight is 369 g/mol. The third-order valence-electron chi connectivity index (χ3n) is 4.45. The minimum absolute atomic E-state index is 0.192. The molecule has 0 aliphatic rings. The molecule has 4 rings (SSSR count). The van der Waals surface area contributed by atoms with Crippen LogP contribution in [0.25, 0.3) is 22.5 Å². The van der Waals surface area contributed by atoms with Gasteiger partial charge in [-0.05, 0) is 19.1 Å². The number of aryl methyl sites for hydroxylation is 1. The number of aromatic nitrogens is 2. The van der Waals surface area contributed by atoms with E-state index in [0.29, 0.717) is 17.0 Å². The molecule has 138 valence electrons. The summed E-state index contributed by atoms with van der Waals surface area (Å²) in [5.41, 5.74) is 4.81. The van der Waals surface area contributed by atoms with Gasteiger partial charge in [0.05, 0.1) is 23.5 Å². The molecule has 1 N–H and O–H groups in total. The molecule has 0 radical (unpaired) electrons. The average Bonchev–Trinajstić information content (AvgIpc) is 3.22. The van der Waals surface area contributed by atoms with Gasteiger partial charge in [-0.2, -0.15) is 0 Å². The van der Waals surface area contributed by atoms with Gasteiger partial charge in [-0.25, -0.2) is 0 Å². The zero-order valence-corrected chi connectivity index (χ0v) is 15.4. The van der Waals surface area contributed by atoms with E-state index in [-0.39, 0.29) is 12.5 Å². The molecule has 5 nitrogen and oxygen atoms in total. The first-order chi connectivity index (χ1) is 13.7. The molecule has 0 aliphatic heterocycles. The maximum absolute atomic E-state index is 12.6. The van der Waals surface area contributed by atoms with Crippen LogP contribution in [0.15, 0.2) is 83.4 Å². The number of nitrogens with zero attached hydrogens (tertiary/aromatic N) is 2. The van der Waals surface area contributed by atoms with E-state index in [4.69, 9.17) is 4.52 Å². The molecule has 0 atom stereocenters. The molecular formula is C23H19N3O2. The van der Waals surface area contributed by atoms with Crippen molar-refractivity contribution in [3.05, 3.63) is 95.9 Å². The van der Waals surface area contributed by atoms with Crippen LogP contribution in [0.5, 0.6) is 0 Å². The molecule has 0 unspecified atom stereocenters. The third-order valence-corrected chi connectivity index (χ3v) is 4.45. The van der Waals surface area contributed by atoms with Crippen LogP contribution in [-0.4, -0.2) is 16.0 Å². The van der Waals surface area contributed by atoms with Gasteiger partial charge in [0.2, 0.25) is 0 Å². The maximum atomic E-state index is 12.6. The monoisotopic (exact) mass is 369 g/mol. The zero-order chi connectivity index (χ0) is 19.3. The van der Waals surface area contributed by atoms with Crippen molar-refractivity contribution in [1.29, 1.82) is 0 Å². The Morgan fingerprint density at radius 1 is 0.893 bits per heavy atom. The second kappa shape index (κ2) is 7.88. The van der Waals surface area contributed by atoms with Crippen molar-refractivity contribution in [2.24, 2.45) is 0 Å². The van der Waals surface area contributed by atoms with Crippen LogP contribution in [0.1, 0.15) is 21.8 Å². The lowest BCUT2D eigenvalue weighted by atomic mass is 10.1. The summed E-state index contributed by atoms with van der Waals surface area (Å²) in [5, 5.41) is 6.93. The number of pyridine rings is 1. The van der Waals surface area contributed by atoms with Crippen LogP contribution in [0.4, 0.5) is 0 Å². The Morgan fingerprint density at radius 2 is 1.54 bits per heavy atom. The van der Waals surface area contributed by atoms with Crippen LogP contribution in [0, 0.1) is 6.92 Å². The lowest BCUT2D eigenvalue weighted by Crippen LogP contribution is -2.23. The molecule has 0 fully saturated rings. The van der Waals surface area contributed by atoms with Crippen LogP contribution in [0.2, 0.25) is 0 Å². The van der Waals surface area contributed by atoms with E-state index in [1.54, 1.807) is 6.07 Å². The summed E-state index contributed by atoms with van der Waals surface area (Å²) in [5.74, 6) is 0.404. The minimum atomic E-state index is -0.192.